The van der Waals surface area contributed by atoms with Gasteiger partial charge >= 0.3 is 5.97 Å². The van der Waals surface area contributed by atoms with Gasteiger partial charge in [0.25, 0.3) is 0 Å². The minimum absolute atomic E-state index is 0.0543. The van der Waals surface area contributed by atoms with Gasteiger partial charge in [0.15, 0.2) is 0 Å². The van der Waals surface area contributed by atoms with Gasteiger partial charge in [0.05, 0.1) is 17.7 Å². The van der Waals surface area contributed by atoms with Crippen LogP contribution in [-0.4, -0.2) is 32.8 Å². The van der Waals surface area contributed by atoms with Crippen LogP contribution in [0.5, 0.6) is 0 Å². The van der Waals surface area contributed by atoms with Crippen LogP contribution >= 0.6 is 11.3 Å². The highest BCUT2D eigenvalue weighted by atomic mass is 32.1. The number of carboxylic acid groups (broad SMARTS) is 1. The van der Waals surface area contributed by atoms with Crippen molar-refractivity contribution in [1.82, 2.24) is 9.88 Å². The molecule has 2 amide bonds. The van der Waals surface area contributed by atoms with E-state index in [1.807, 2.05) is 13.8 Å². The van der Waals surface area contributed by atoms with Crippen molar-refractivity contribution in [1.29, 1.82) is 0 Å². The molecule has 1 aliphatic rings. The summed E-state index contributed by atoms with van der Waals surface area (Å²) in [5, 5.41) is 9.49. The third-order valence-corrected chi connectivity index (χ3v) is 5.29. The molecule has 2 heterocycles. The molecule has 7 heteroatoms. The largest absolute Gasteiger partial charge is 0.477 e. The maximum Gasteiger partial charge on any atom is 0.347 e. The number of thiazole rings is 1. The van der Waals surface area contributed by atoms with E-state index >= 15 is 0 Å². The molecule has 1 fully saturated rings. The van der Waals surface area contributed by atoms with Crippen molar-refractivity contribution in [2.75, 3.05) is 0 Å². The smallest absolute Gasteiger partial charge is 0.347 e. The van der Waals surface area contributed by atoms with Gasteiger partial charge in [0, 0.05) is 6.42 Å². The maximum absolute atomic E-state index is 12.5. The average Bonchev–Trinajstić information content (AvgIpc) is 2.84. The molecule has 1 aromatic rings. The third-order valence-electron chi connectivity index (χ3n) is 4.16. The molecular formula is C14H18N2O4S. The molecule has 0 radical (unpaired) electrons. The standard InChI is InChI=1S/C14H18N2O4S/c1-7(2)14(4)5-10(17)16(13(14)20)6-9-15-8(3)11(21-9)12(18)19/h7H,5-6H2,1-4H3,(H,18,19). The first-order valence-electron chi connectivity index (χ1n) is 6.71. The Morgan fingerprint density at radius 1 is 1.48 bits per heavy atom. The zero-order valence-electron chi connectivity index (χ0n) is 12.5. The van der Waals surface area contributed by atoms with Crippen LogP contribution in [0.2, 0.25) is 0 Å². The second-order valence-corrected chi connectivity index (χ2v) is 6.94. The summed E-state index contributed by atoms with van der Waals surface area (Å²) < 4.78 is 0. The minimum atomic E-state index is -1.04. The van der Waals surface area contributed by atoms with Crippen molar-refractivity contribution >= 4 is 29.1 Å². The highest BCUT2D eigenvalue weighted by Gasteiger charge is 2.50. The van der Waals surface area contributed by atoms with Gasteiger partial charge in [-0.25, -0.2) is 9.78 Å². The summed E-state index contributed by atoms with van der Waals surface area (Å²) in [6.07, 6.45) is 0.194. The molecule has 1 N–H and O–H groups in total. The number of carbonyl (C=O) groups is 3. The molecule has 0 bridgehead atoms. The van der Waals surface area contributed by atoms with E-state index in [9.17, 15) is 14.4 Å². The third kappa shape index (κ3) is 2.57. The minimum Gasteiger partial charge on any atom is -0.477 e. The fourth-order valence-corrected chi connectivity index (χ4v) is 3.26. The number of amides is 2. The van der Waals surface area contributed by atoms with E-state index in [-0.39, 0.29) is 35.6 Å². The molecule has 0 aliphatic carbocycles. The van der Waals surface area contributed by atoms with E-state index in [0.717, 1.165) is 11.3 Å². The average molecular weight is 310 g/mol. The van der Waals surface area contributed by atoms with Crippen LogP contribution in [0.1, 0.15) is 47.6 Å². The molecule has 6 nitrogen and oxygen atoms in total. The molecular weight excluding hydrogens is 292 g/mol. The van der Waals surface area contributed by atoms with Gasteiger partial charge in [-0.2, -0.15) is 0 Å². The summed E-state index contributed by atoms with van der Waals surface area (Å²) in [4.78, 5) is 41.1. The van der Waals surface area contributed by atoms with Crippen molar-refractivity contribution in [2.24, 2.45) is 11.3 Å². The summed E-state index contributed by atoms with van der Waals surface area (Å²) in [7, 11) is 0. The zero-order chi connectivity index (χ0) is 15.9. The highest BCUT2D eigenvalue weighted by molar-refractivity contribution is 7.13. The van der Waals surface area contributed by atoms with E-state index in [0.29, 0.717) is 10.7 Å². The van der Waals surface area contributed by atoms with E-state index in [2.05, 4.69) is 4.98 Å². The van der Waals surface area contributed by atoms with Gasteiger partial charge < -0.3 is 5.11 Å². The predicted molar refractivity (Wildman–Crippen MR) is 76.9 cm³/mol. The number of hydrogen-bond acceptors (Lipinski definition) is 5. The first-order chi connectivity index (χ1) is 9.66. The lowest BCUT2D eigenvalue weighted by Crippen LogP contribution is -2.36. The van der Waals surface area contributed by atoms with E-state index in [1.165, 1.54) is 4.90 Å². The number of carboxylic acids is 1. The number of likely N-dealkylation sites (tertiary alicyclic amines) is 1. The number of imide groups is 1. The van der Waals surface area contributed by atoms with Crippen molar-refractivity contribution in [3.63, 3.8) is 0 Å². The zero-order valence-corrected chi connectivity index (χ0v) is 13.3. The Hall–Kier alpha value is -1.76. The van der Waals surface area contributed by atoms with Crippen molar-refractivity contribution in [3.8, 4) is 0 Å². The fourth-order valence-electron chi connectivity index (χ4n) is 2.37. The van der Waals surface area contributed by atoms with Crippen molar-refractivity contribution in [2.45, 2.75) is 40.7 Å². The lowest BCUT2D eigenvalue weighted by atomic mass is 9.78. The Labute approximate surface area is 126 Å². The number of nitrogens with zero attached hydrogens (tertiary/aromatic N) is 2. The van der Waals surface area contributed by atoms with Crippen LogP contribution in [0.25, 0.3) is 0 Å². The maximum atomic E-state index is 12.5. The topological polar surface area (TPSA) is 87.6 Å². The van der Waals surface area contributed by atoms with Gasteiger partial charge in [-0.15, -0.1) is 11.3 Å². The first-order valence-corrected chi connectivity index (χ1v) is 7.53. The number of aromatic nitrogens is 1. The lowest BCUT2D eigenvalue weighted by molar-refractivity contribution is -0.142. The van der Waals surface area contributed by atoms with Crippen LogP contribution in [0.3, 0.4) is 0 Å². The van der Waals surface area contributed by atoms with Gasteiger partial charge in [-0.1, -0.05) is 13.8 Å². The van der Waals surface area contributed by atoms with Gasteiger partial charge in [-0.3, -0.25) is 14.5 Å². The molecule has 21 heavy (non-hydrogen) atoms. The Kier molecular flexibility index (Phi) is 3.88. The molecule has 0 spiro atoms. The Morgan fingerprint density at radius 2 is 2.10 bits per heavy atom. The molecule has 2 rings (SSSR count). The molecule has 1 saturated heterocycles. The Morgan fingerprint density at radius 3 is 2.52 bits per heavy atom. The monoisotopic (exact) mass is 310 g/mol. The predicted octanol–water partition coefficient (Wildman–Crippen LogP) is 2.07. The summed E-state index contributed by atoms with van der Waals surface area (Å²) in [5.74, 6) is -1.40. The Balaban J connectivity index is 2.24. The summed E-state index contributed by atoms with van der Waals surface area (Å²) in [5.41, 5.74) is -0.271. The number of rotatable bonds is 4. The van der Waals surface area contributed by atoms with Crippen molar-refractivity contribution in [3.05, 3.63) is 15.6 Å². The van der Waals surface area contributed by atoms with Crippen LogP contribution in [-0.2, 0) is 16.1 Å². The molecule has 1 atom stereocenters. The number of hydrogen-bond donors (Lipinski definition) is 1. The fraction of sp³-hybridized carbons (Fsp3) is 0.571. The van der Waals surface area contributed by atoms with Crippen molar-refractivity contribution < 1.29 is 19.5 Å². The number of aromatic carboxylic acids is 1. The van der Waals surface area contributed by atoms with Crippen LogP contribution in [0.15, 0.2) is 0 Å². The van der Waals surface area contributed by atoms with Gasteiger partial charge in [0.1, 0.15) is 9.88 Å². The number of carbonyl (C=O) groups excluding carboxylic acids is 2. The lowest BCUT2D eigenvalue weighted by Gasteiger charge is -2.25. The summed E-state index contributed by atoms with van der Waals surface area (Å²) >= 11 is 1.01. The van der Waals surface area contributed by atoms with Gasteiger partial charge in [-0.05, 0) is 19.8 Å². The SMILES string of the molecule is Cc1nc(CN2C(=O)CC(C)(C(C)C)C2=O)sc1C(=O)O. The molecule has 0 saturated carbocycles. The van der Waals surface area contributed by atoms with E-state index in [4.69, 9.17) is 5.11 Å². The van der Waals surface area contributed by atoms with Crippen LogP contribution in [0, 0.1) is 18.3 Å². The number of aryl methyl sites for hydroxylation is 1. The Bertz CT molecular complexity index is 622. The van der Waals surface area contributed by atoms with E-state index in [1.54, 1.807) is 13.8 Å². The molecule has 1 aromatic heterocycles. The van der Waals surface area contributed by atoms with Crippen LogP contribution < -0.4 is 0 Å². The summed E-state index contributed by atoms with van der Waals surface area (Å²) in [6.45, 7) is 7.30. The first kappa shape index (κ1) is 15.6. The highest BCUT2D eigenvalue weighted by Crippen LogP contribution is 2.40. The molecule has 0 aromatic carbocycles. The quantitative estimate of drug-likeness (QED) is 0.860. The molecule has 1 unspecified atom stereocenters. The van der Waals surface area contributed by atoms with E-state index < -0.39 is 11.4 Å². The second-order valence-electron chi connectivity index (χ2n) is 5.86. The second kappa shape index (κ2) is 5.22. The normalized spacial score (nSPS) is 22.4. The summed E-state index contributed by atoms with van der Waals surface area (Å²) in [6, 6.07) is 0. The molecule has 1 aliphatic heterocycles. The van der Waals surface area contributed by atoms with Crippen LogP contribution in [0.4, 0.5) is 0 Å². The van der Waals surface area contributed by atoms with Gasteiger partial charge in [0.2, 0.25) is 11.8 Å². The molecule has 114 valence electrons.